The molecule has 0 unspecified atom stereocenters. The second-order valence-electron chi connectivity index (χ2n) is 3.56. The van der Waals surface area contributed by atoms with Crippen LogP contribution < -0.4 is 0 Å². The Labute approximate surface area is 85.4 Å². The van der Waals surface area contributed by atoms with Crippen LogP contribution in [-0.4, -0.2) is 0 Å². The molecule has 1 saturated carbocycles. The third-order valence-electron chi connectivity index (χ3n) is 2.97. The average molecular weight is 322 g/mol. The fourth-order valence-electron chi connectivity index (χ4n) is 1.93. The van der Waals surface area contributed by atoms with Crippen molar-refractivity contribution in [3.05, 3.63) is 13.8 Å². The minimum Gasteiger partial charge on any atom is -0.343 e. The minimum atomic E-state index is 0. The Hall–Kier alpha value is 0.688. The Morgan fingerprint density at radius 1 is 0.909 bits per heavy atom. The van der Waals surface area contributed by atoms with Crippen molar-refractivity contribution < 1.29 is 21.1 Å². The van der Waals surface area contributed by atoms with Gasteiger partial charge in [0.05, 0.1) is 0 Å². The van der Waals surface area contributed by atoms with Crippen molar-refractivity contribution in [3.63, 3.8) is 0 Å². The third kappa shape index (κ3) is 2.90. The largest absolute Gasteiger partial charge is 2.00 e. The van der Waals surface area contributed by atoms with Gasteiger partial charge in [0.15, 0.2) is 0 Å². The van der Waals surface area contributed by atoms with E-state index >= 15 is 0 Å². The molecule has 0 saturated heterocycles. The molecule has 0 aromatic carbocycles. The number of hydrogen-bond acceptors (Lipinski definition) is 0. The third-order valence-corrected chi connectivity index (χ3v) is 2.97. The molecule has 0 aromatic heterocycles. The van der Waals surface area contributed by atoms with Gasteiger partial charge in [-0.2, -0.15) is 12.8 Å². The van der Waals surface area contributed by atoms with Crippen LogP contribution in [0.5, 0.6) is 0 Å². The smallest absolute Gasteiger partial charge is 0.343 e. The second-order valence-corrected chi connectivity index (χ2v) is 3.56. The van der Waals surface area contributed by atoms with Crippen LogP contribution in [0.15, 0.2) is 0 Å². The van der Waals surface area contributed by atoms with E-state index in [1.807, 2.05) is 0 Å². The first-order valence-electron chi connectivity index (χ1n) is 4.41. The molecule has 1 aliphatic rings. The molecule has 0 bridgehead atoms. The van der Waals surface area contributed by atoms with Crippen molar-refractivity contribution >= 4 is 0 Å². The maximum atomic E-state index is 4.01. The van der Waals surface area contributed by atoms with Crippen molar-refractivity contribution in [2.45, 2.75) is 44.9 Å². The maximum absolute atomic E-state index is 4.01. The monoisotopic (exact) mass is 322 g/mol. The second kappa shape index (κ2) is 5.35. The molecule has 0 N–H and O–H groups in total. The van der Waals surface area contributed by atoms with Crippen molar-refractivity contribution in [2.75, 3.05) is 0 Å². The quantitative estimate of drug-likeness (QED) is 0.684. The zero-order valence-corrected chi connectivity index (χ0v) is 10.2. The standard InChI is InChI=1S/C10H18.W/c1-3-10(4-2)8-6-5-7-9-10;/h1-9H2;/q-2;+2. The van der Waals surface area contributed by atoms with E-state index in [1.165, 1.54) is 32.1 Å². The molecular formula is C10H18W. The Kier molecular flexibility index (Phi) is 5.69. The van der Waals surface area contributed by atoms with E-state index in [1.54, 1.807) is 0 Å². The van der Waals surface area contributed by atoms with Crippen molar-refractivity contribution in [1.29, 1.82) is 0 Å². The molecule has 0 spiro atoms. The van der Waals surface area contributed by atoms with Gasteiger partial charge < -0.3 is 13.8 Å². The summed E-state index contributed by atoms with van der Waals surface area (Å²) in [5.74, 6) is 0. The summed E-state index contributed by atoms with van der Waals surface area (Å²) < 4.78 is 0. The van der Waals surface area contributed by atoms with E-state index in [2.05, 4.69) is 13.8 Å². The summed E-state index contributed by atoms with van der Waals surface area (Å²) in [6.07, 6.45) is 9.19. The molecule has 0 aliphatic heterocycles. The minimum absolute atomic E-state index is 0. The fraction of sp³-hybridized carbons (Fsp3) is 0.800. The van der Waals surface area contributed by atoms with Gasteiger partial charge in [0, 0.05) is 0 Å². The van der Waals surface area contributed by atoms with Crippen LogP contribution in [-0.2, 0) is 21.1 Å². The Morgan fingerprint density at radius 2 is 1.36 bits per heavy atom. The normalized spacial score (nSPS) is 22.4. The van der Waals surface area contributed by atoms with Gasteiger partial charge >= 0.3 is 21.1 Å². The number of hydrogen-bond donors (Lipinski definition) is 0. The van der Waals surface area contributed by atoms with Crippen LogP contribution in [0, 0.1) is 19.3 Å². The van der Waals surface area contributed by atoms with Crippen LogP contribution in [0.3, 0.4) is 0 Å². The summed E-state index contributed by atoms with van der Waals surface area (Å²) in [5, 5.41) is 0. The Balaban J connectivity index is 0.000001000. The summed E-state index contributed by atoms with van der Waals surface area (Å²) in [5.41, 5.74) is 0.540. The van der Waals surface area contributed by atoms with E-state index in [-0.39, 0.29) is 21.1 Å². The molecule has 1 fully saturated rings. The van der Waals surface area contributed by atoms with Gasteiger partial charge in [-0.05, 0) is 0 Å². The van der Waals surface area contributed by atoms with Crippen LogP contribution in [0.1, 0.15) is 44.9 Å². The van der Waals surface area contributed by atoms with E-state index in [0.717, 1.165) is 12.8 Å². The van der Waals surface area contributed by atoms with Crippen LogP contribution in [0.4, 0.5) is 0 Å². The predicted octanol–water partition coefficient (Wildman–Crippen LogP) is 3.38. The number of rotatable bonds is 2. The SMILES string of the molecule is [CH2-]CC1(C[CH2-])CCCCC1.[W+2]. The van der Waals surface area contributed by atoms with Gasteiger partial charge in [-0.15, -0.1) is 0 Å². The van der Waals surface area contributed by atoms with E-state index in [4.69, 9.17) is 0 Å². The molecule has 64 valence electrons. The maximum Gasteiger partial charge on any atom is 2.00 e. The van der Waals surface area contributed by atoms with Crippen LogP contribution in [0.2, 0.25) is 0 Å². The molecular weight excluding hydrogens is 304 g/mol. The average Bonchev–Trinajstić information content (AvgIpc) is 2.06. The Morgan fingerprint density at radius 3 is 1.64 bits per heavy atom. The van der Waals surface area contributed by atoms with Crippen LogP contribution >= 0.6 is 0 Å². The van der Waals surface area contributed by atoms with Gasteiger partial charge in [-0.25, -0.2) is 0 Å². The molecule has 0 heterocycles. The van der Waals surface area contributed by atoms with Gasteiger partial charge in [0.2, 0.25) is 0 Å². The summed E-state index contributed by atoms with van der Waals surface area (Å²) in [7, 11) is 0. The summed E-state index contributed by atoms with van der Waals surface area (Å²) in [4.78, 5) is 0. The first-order valence-corrected chi connectivity index (χ1v) is 4.41. The van der Waals surface area contributed by atoms with Crippen molar-refractivity contribution in [1.82, 2.24) is 0 Å². The van der Waals surface area contributed by atoms with E-state index < -0.39 is 0 Å². The van der Waals surface area contributed by atoms with Crippen molar-refractivity contribution in [2.24, 2.45) is 5.41 Å². The van der Waals surface area contributed by atoms with Gasteiger partial charge in [0.1, 0.15) is 0 Å². The van der Waals surface area contributed by atoms with Crippen molar-refractivity contribution in [3.8, 4) is 0 Å². The summed E-state index contributed by atoms with van der Waals surface area (Å²) >= 11 is 0. The molecule has 1 rings (SSSR count). The summed E-state index contributed by atoms with van der Waals surface area (Å²) in [6.45, 7) is 8.02. The molecule has 1 aliphatic carbocycles. The molecule has 11 heavy (non-hydrogen) atoms. The Bertz CT molecular complexity index is 87.0. The van der Waals surface area contributed by atoms with Gasteiger partial charge in [-0.3, -0.25) is 0 Å². The molecule has 1 heteroatoms. The fourth-order valence-corrected chi connectivity index (χ4v) is 1.93. The molecule has 0 radical (unpaired) electrons. The van der Waals surface area contributed by atoms with Crippen LogP contribution in [0.25, 0.3) is 0 Å². The predicted molar refractivity (Wildman–Crippen MR) is 45.5 cm³/mol. The first kappa shape index (κ1) is 11.7. The van der Waals surface area contributed by atoms with E-state index in [9.17, 15) is 0 Å². The first-order chi connectivity index (χ1) is 4.83. The molecule has 0 nitrogen and oxygen atoms in total. The molecule has 0 amide bonds. The van der Waals surface area contributed by atoms with E-state index in [0.29, 0.717) is 5.41 Å². The zero-order valence-electron chi connectivity index (χ0n) is 7.27. The topological polar surface area (TPSA) is 0 Å². The molecule has 0 aromatic rings. The zero-order chi connectivity index (χ0) is 7.45. The van der Waals surface area contributed by atoms with Gasteiger partial charge in [0.25, 0.3) is 0 Å². The molecule has 0 atom stereocenters. The van der Waals surface area contributed by atoms with Gasteiger partial charge in [-0.1, -0.05) is 37.5 Å². The summed E-state index contributed by atoms with van der Waals surface area (Å²) in [6, 6.07) is 0.